The Kier molecular flexibility index (Phi) is 7.87. The predicted molar refractivity (Wildman–Crippen MR) is 120 cm³/mol. The molecule has 0 aromatic carbocycles. The molecule has 1 aliphatic heterocycles. The number of aliphatic hydroxyl groups is 2. The van der Waals surface area contributed by atoms with Crippen molar-refractivity contribution in [3.63, 3.8) is 0 Å². The number of nitrogens with zero attached hydrogens (tertiary/aromatic N) is 4. The van der Waals surface area contributed by atoms with E-state index < -0.39 is 38.1 Å². The van der Waals surface area contributed by atoms with Crippen molar-refractivity contribution < 1.29 is 33.4 Å². The van der Waals surface area contributed by atoms with Gasteiger partial charge in [0, 0.05) is 13.1 Å². The van der Waals surface area contributed by atoms with Gasteiger partial charge in [0.25, 0.3) is 0 Å². The molecule has 0 saturated carbocycles. The number of nitrogens with one attached hydrogen (secondary N) is 1. The summed E-state index contributed by atoms with van der Waals surface area (Å²) >= 11 is 0. The Morgan fingerprint density at radius 2 is 2.09 bits per heavy atom. The van der Waals surface area contributed by atoms with Gasteiger partial charge < -0.3 is 29.3 Å². The molecule has 184 valence electrons. The van der Waals surface area contributed by atoms with Crippen molar-refractivity contribution in [2.45, 2.75) is 59.0 Å². The summed E-state index contributed by atoms with van der Waals surface area (Å²) in [6, 6.07) is 0. The second-order valence-corrected chi connectivity index (χ2v) is 10.4. The maximum Gasteiger partial charge on any atom is 0.327 e. The van der Waals surface area contributed by atoms with Gasteiger partial charge in [-0.05, 0) is 20.3 Å². The van der Waals surface area contributed by atoms with Crippen LogP contribution in [0.3, 0.4) is 0 Å². The number of anilines is 1. The number of amides is 1. The van der Waals surface area contributed by atoms with Crippen molar-refractivity contribution in [2.24, 2.45) is 5.41 Å². The quantitative estimate of drug-likeness (QED) is 0.425. The number of aryl methyl sites for hydroxylation is 1. The first-order valence-electron chi connectivity index (χ1n) is 10.9. The van der Waals surface area contributed by atoms with Crippen LogP contribution >= 0.6 is 7.60 Å². The van der Waals surface area contributed by atoms with Crippen LogP contribution in [0.1, 0.15) is 45.7 Å². The van der Waals surface area contributed by atoms with Gasteiger partial charge in [0.1, 0.15) is 18.2 Å². The highest BCUT2D eigenvalue weighted by atomic mass is 31.2. The van der Waals surface area contributed by atoms with E-state index in [1.807, 2.05) is 6.92 Å². The zero-order valence-corrected chi connectivity index (χ0v) is 20.4. The first-order valence-corrected chi connectivity index (χ1v) is 12.9. The Morgan fingerprint density at radius 1 is 1.36 bits per heavy atom. The second kappa shape index (κ2) is 10.1. The third-order valence-electron chi connectivity index (χ3n) is 5.59. The van der Waals surface area contributed by atoms with Crippen LogP contribution in [0, 0.1) is 12.3 Å². The van der Waals surface area contributed by atoms with Crippen LogP contribution in [-0.4, -0.2) is 74.3 Å². The van der Waals surface area contributed by atoms with Crippen molar-refractivity contribution >= 4 is 30.5 Å². The number of fused-ring (bicyclic) bond motifs is 1. The van der Waals surface area contributed by atoms with E-state index in [1.165, 1.54) is 13.0 Å². The Bertz CT molecular complexity index is 1050. The molecule has 0 radical (unpaired) electrons. The summed E-state index contributed by atoms with van der Waals surface area (Å²) in [4.78, 5) is 25.2. The molecule has 12 nitrogen and oxygen atoms in total. The third kappa shape index (κ3) is 5.26. The van der Waals surface area contributed by atoms with Crippen LogP contribution in [0.15, 0.2) is 6.33 Å². The fourth-order valence-electron chi connectivity index (χ4n) is 3.84. The lowest BCUT2D eigenvalue weighted by Gasteiger charge is -2.31. The SMILES string of the molecule is CCCC(=O)Nc1nc(C)nc2c1ncn2[C@@H]1O[C@H](COP(C)(=O)OCC)[C@H](O)C1(C)CO. The van der Waals surface area contributed by atoms with Crippen molar-refractivity contribution in [2.75, 3.05) is 31.8 Å². The van der Waals surface area contributed by atoms with Crippen LogP contribution in [0.25, 0.3) is 11.2 Å². The molecule has 2 unspecified atom stereocenters. The number of imidazole rings is 1. The molecule has 33 heavy (non-hydrogen) atoms. The highest BCUT2D eigenvalue weighted by Gasteiger charge is 2.54. The molecule has 3 N–H and O–H groups in total. The molecule has 1 saturated heterocycles. The molecule has 0 spiro atoms. The van der Waals surface area contributed by atoms with E-state index in [2.05, 4.69) is 20.3 Å². The normalized spacial score (nSPS) is 27.1. The Labute approximate surface area is 192 Å². The Balaban J connectivity index is 1.94. The van der Waals surface area contributed by atoms with E-state index in [9.17, 15) is 19.6 Å². The molecule has 0 aliphatic carbocycles. The first-order chi connectivity index (χ1) is 15.6. The van der Waals surface area contributed by atoms with Gasteiger partial charge in [-0.25, -0.2) is 15.0 Å². The molecule has 1 amide bonds. The highest BCUT2D eigenvalue weighted by molar-refractivity contribution is 7.52. The maximum absolute atomic E-state index is 12.3. The smallest absolute Gasteiger partial charge is 0.327 e. The molecular formula is C20H32N5O7P. The summed E-state index contributed by atoms with van der Waals surface area (Å²) in [5.74, 6) is 0.501. The molecule has 0 bridgehead atoms. The second-order valence-electron chi connectivity index (χ2n) is 8.36. The summed E-state index contributed by atoms with van der Waals surface area (Å²) in [6.07, 6.45) is -0.395. The summed E-state index contributed by atoms with van der Waals surface area (Å²) in [5.41, 5.74) is -0.407. The number of hydrogen-bond donors (Lipinski definition) is 3. The lowest BCUT2D eigenvalue weighted by atomic mass is 9.83. The monoisotopic (exact) mass is 485 g/mol. The molecular weight excluding hydrogens is 453 g/mol. The fraction of sp³-hybridized carbons (Fsp3) is 0.700. The van der Waals surface area contributed by atoms with Crippen LogP contribution in [0.2, 0.25) is 0 Å². The minimum absolute atomic E-state index is 0.185. The average Bonchev–Trinajstić information content (AvgIpc) is 3.26. The van der Waals surface area contributed by atoms with E-state index in [4.69, 9.17) is 13.8 Å². The number of ether oxygens (including phenoxy) is 1. The van der Waals surface area contributed by atoms with Crippen molar-refractivity contribution in [3.8, 4) is 0 Å². The minimum atomic E-state index is -3.31. The number of hydrogen-bond acceptors (Lipinski definition) is 10. The lowest BCUT2D eigenvalue weighted by molar-refractivity contribution is -0.116. The van der Waals surface area contributed by atoms with Crippen molar-refractivity contribution in [3.05, 3.63) is 12.2 Å². The van der Waals surface area contributed by atoms with Crippen LogP contribution < -0.4 is 5.32 Å². The third-order valence-corrected chi connectivity index (χ3v) is 6.94. The van der Waals surface area contributed by atoms with Crippen molar-refractivity contribution in [1.29, 1.82) is 0 Å². The molecule has 2 aromatic heterocycles. The van der Waals surface area contributed by atoms with E-state index in [0.717, 1.165) is 0 Å². The average molecular weight is 485 g/mol. The van der Waals surface area contributed by atoms with Gasteiger partial charge >= 0.3 is 7.60 Å². The molecule has 3 heterocycles. The molecule has 13 heteroatoms. The van der Waals surface area contributed by atoms with Crippen molar-refractivity contribution in [1.82, 2.24) is 19.5 Å². The van der Waals surface area contributed by atoms with Gasteiger partial charge in [0.2, 0.25) is 5.91 Å². The van der Waals surface area contributed by atoms with Gasteiger partial charge in [-0.2, -0.15) is 0 Å². The van der Waals surface area contributed by atoms with Crippen LogP contribution in [0.4, 0.5) is 5.82 Å². The first kappa shape index (κ1) is 25.7. The molecule has 2 aromatic rings. The van der Waals surface area contributed by atoms with Gasteiger partial charge in [-0.15, -0.1) is 0 Å². The van der Waals surface area contributed by atoms with Crippen LogP contribution in [0.5, 0.6) is 0 Å². The Morgan fingerprint density at radius 3 is 2.73 bits per heavy atom. The van der Waals surface area contributed by atoms with Gasteiger partial charge in [-0.1, -0.05) is 13.8 Å². The zero-order valence-electron chi connectivity index (χ0n) is 19.5. The summed E-state index contributed by atoms with van der Waals surface area (Å²) in [7, 11) is -3.31. The van der Waals surface area contributed by atoms with Gasteiger partial charge in [-0.3, -0.25) is 13.9 Å². The van der Waals surface area contributed by atoms with Gasteiger partial charge in [0.15, 0.2) is 17.0 Å². The van der Waals surface area contributed by atoms with Gasteiger partial charge in [0.05, 0.1) is 37.7 Å². The number of carbonyl (C=O) groups excluding carboxylic acids is 1. The fourth-order valence-corrected chi connectivity index (χ4v) is 4.80. The van der Waals surface area contributed by atoms with E-state index in [-0.39, 0.29) is 24.9 Å². The highest BCUT2D eigenvalue weighted by Crippen LogP contribution is 2.49. The van der Waals surface area contributed by atoms with E-state index in [1.54, 1.807) is 25.3 Å². The summed E-state index contributed by atoms with van der Waals surface area (Å²) in [5, 5.41) is 23.9. The molecule has 1 aliphatic rings. The standard InChI is InChI=1S/C20H32N5O7P/c1-6-8-14(27)24-17-15-18(23-12(3)22-17)25(11-21-15)19-20(4,10-26)16(28)13(32-19)9-31-33(5,29)30-7-2/h11,13,16,19,26,28H,6-10H2,1-5H3,(H,22,23,24,27)/t13-,16+,19-,20?,33?/m1/s1. The van der Waals surface area contributed by atoms with E-state index in [0.29, 0.717) is 29.8 Å². The zero-order chi connectivity index (χ0) is 24.4. The number of rotatable bonds is 10. The predicted octanol–water partition coefficient (Wildman–Crippen LogP) is 2.01. The largest absolute Gasteiger partial charge is 0.396 e. The molecule has 3 rings (SSSR count). The minimum Gasteiger partial charge on any atom is -0.396 e. The number of aliphatic hydroxyl groups excluding tert-OH is 2. The Hall–Kier alpha value is -1.95. The maximum atomic E-state index is 12.3. The lowest BCUT2D eigenvalue weighted by Crippen LogP contribution is -2.41. The summed E-state index contributed by atoms with van der Waals surface area (Å²) < 4.78 is 30.5. The van der Waals surface area contributed by atoms with Crippen LogP contribution in [-0.2, 0) is 23.1 Å². The van der Waals surface area contributed by atoms with E-state index >= 15 is 0 Å². The molecule has 5 atom stereocenters. The molecule has 1 fully saturated rings. The number of aromatic nitrogens is 4. The number of carbonyl (C=O) groups is 1. The topological polar surface area (TPSA) is 158 Å². The summed E-state index contributed by atoms with van der Waals surface area (Å²) in [6.45, 7) is 7.92.